The Labute approximate surface area is 110 Å². The van der Waals surface area contributed by atoms with E-state index in [-0.39, 0.29) is 6.04 Å². The van der Waals surface area contributed by atoms with Crippen LogP contribution >= 0.6 is 0 Å². The minimum Gasteiger partial charge on any atom is -0.356 e. The molecular formula is C14H15F2N3. The quantitative estimate of drug-likeness (QED) is 0.902. The number of halogens is 2. The SMILES string of the molecule is CCc1cn2c(n1)NCCC2c1ccc(F)c(F)c1. The highest BCUT2D eigenvalue weighted by atomic mass is 19.2. The summed E-state index contributed by atoms with van der Waals surface area (Å²) in [7, 11) is 0. The zero-order valence-corrected chi connectivity index (χ0v) is 10.7. The van der Waals surface area contributed by atoms with Crippen LogP contribution in [0.2, 0.25) is 0 Å². The average molecular weight is 263 g/mol. The fourth-order valence-corrected chi connectivity index (χ4v) is 2.49. The van der Waals surface area contributed by atoms with Crippen molar-refractivity contribution in [1.82, 2.24) is 9.55 Å². The van der Waals surface area contributed by atoms with E-state index < -0.39 is 11.6 Å². The summed E-state index contributed by atoms with van der Waals surface area (Å²) in [6.45, 7) is 2.82. The van der Waals surface area contributed by atoms with Gasteiger partial charge in [-0.15, -0.1) is 0 Å². The average Bonchev–Trinajstić information content (AvgIpc) is 2.85. The molecule has 2 heterocycles. The molecule has 0 fully saturated rings. The Hall–Kier alpha value is -1.91. The van der Waals surface area contributed by atoms with E-state index in [9.17, 15) is 8.78 Å². The molecule has 3 nitrogen and oxygen atoms in total. The molecule has 0 saturated carbocycles. The molecule has 100 valence electrons. The second-order valence-corrected chi connectivity index (χ2v) is 4.72. The van der Waals surface area contributed by atoms with Gasteiger partial charge in [-0.25, -0.2) is 13.8 Å². The summed E-state index contributed by atoms with van der Waals surface area (Å²) >= 11 is 0. The van der Waals surface area contributed by atoms with Crippen LogP contribution in [0, 0.1) is 11.6 Å². The van der Waals surface area contributed by atoms with E-state index in [0.717, 1.165) is 36.6 Å². The van der Waals surface area contributed by atoms with Crippen molar-refractivity contribution in [3.8, 4) is 0 Å². The van der Waals surface area contributed by atoms with Crippen LogP contribution < -0.4 is 5.32 Å². The first kappa shape index (κ1) is 12.1. The predicted octanol–water partition coefficient (Wildman–Crippen LogP) is 3.13. The first-order valence-corrected chi connectivity index (χ1v) is 6.45. The number of aromatic nitrogens is 2. The van der Waals surface area contributed by atoms with Crippen molar-refractivity contribution in [2.45, 2.75) is 25.8 Å². The zero-order chi connectivity index (χ0) is 13.4. The third-order valence-corrected chi connectivity index (χ3v) is 3.51. The number of imidazole rings is 1. The fourth-order valence-electron chi connectivity index (χ4n) is 2.49. The summed E-state index contributed by atoms with van der Waals surface area (Å²) in [6, 6.07) is 4.12. The van der Waals surface area contributed by atoms with Crippen molar-refractivity contribution in [2.75, 3.05) is 11.9 Å². The van der Waals surface area contributed by atoms with Gasteiger partial charge in [0.1, 0.15) is 0 Å². The van der Waals surface area contributed by atoms with Crippen LogP contribution in [0.4, 0.5) is 14.7 Å². The predicted molar refractivity (Wildman–Crippen MR) is 69.2 cm³/mol. The van der Waals surface area contributed by atoms with Gasteiger partial charge in [-0.3, -0.25) is 0 Å². The fraction of sp³-hybridized carbons (Fsp3) is 0.357. The van der Waals surface area contributed by atoms with Gasteiger partial charge in [-0.1, -0.05) is 13.0 Å². The van der Waals surface area contributed by atoms with Crippen LogP contribution in [0.15, 0.2) is 24.4 Å². The topological polar surface area (TPSA) is 29.9 Å². The van der Waals surface area contributed by atoms with Gasteiger partial charge in [-0.2, -0.15) is 0 Å². The van der Waals surface area contributed by atoms with Gasteiger partial charge in [0.25, 0.3) is 0 Å². The molecule has 0 amide bonds. The van der Waals surface area contributed by atoms with Gasteiger partial charge in [0.15, 0.2) is 11.6 Å². The maximum absolute atomic E-state index is 13.4. The number of benzene rings is 1. The number of rotatable bonds is 2. The Morgan fingerprint density at radius 2 is 2.21 bits per heavy atom. The molecule has 3 rings (SSSR count). The molecule has 1 N–H and O–H groups in total. The molecule has 1 aromatic heterocycles. The van der Waals surface area contributed by atoms with Gasteiger partial charge in [0, 0.05) is 12.7 Å². The van der Waals surface area contributed by atoms with E-state index in [4.69, 9.17) is 0 Å². The first-order chi connectivity index (χ1) is 9.19. The highest BCUT2D eigenvalue weighted by Gasteiger charge is 2.23. The maximum atomic E-state index is 13.4. The molecule has 0 spiro atoms. The van der Waals surface area contributed by atoms with Crippen LogP contribution in [0.5, 0.6) is 0 Å². The van der Waals surface area contributed by atoms with Gasteiger partial charge in [0.05, 0.1) is 11.7 Å². The molecule has 0 aliphatic carbocycles. The molecule has 1 unspecified atom stereocenters. The number of hydrogen-bond donors (Lipinski definition) is 1. The van der Waals surface area contributed by atoms with E-state index in [1.165, 1.54) is 12.1 Å². The third kappa shape index (κ3) is 2.09. The monoisotopic (exact) mass is 263 g/mol. The summed E-state index contributed by atoms with van der Waals surface area (Å²) in [5.41, 5.74) is 1.78. The molecule has 0 bridgehead atoms. The van der Waals surface area contributed by atoms with E-state index in [0.29, 0.717) is 0 Å². The van der Waals surface area contributed by atoms with Crippen molar-refractivity contribution in [1.29, 1.82) is 0 Å². The number of aryl methyl sites for hydroxylation is 1. The van der Waals surface area contributed by atoms with Crippen molar-refractivity contribution in [3.05, 3.63) is 47.3 Å². The van der Waals surface area contributed by atoms with Crippen LogP contribution in [-0.2, 0) is 6.42 Å². The largest absolute Gasteiger partial charge is 0.356 e. The van der Waals surface area contributed by atoms with E-state index in [1.54, 1.807) is 6.07 Å². The lowest BCUT2D eigenvalue weighted by molar-refractivity contribution is 0.493. The summed E-state index contributed by atoms with van der Waals surface area (Å²) in [4.78, 5) is 4.47. The standard InChI is InChI=1S/C14H15F2N3/c1-2-10-8-19-13(5-6-17-14(19)18-10)9-3-4-11(15)12(16)7-9/h3-4,7-8,13H,2,5-6H2,1H3,(H,17,18). The molecule has 0 saturated heterocycles. The van der Waals surface area contributed by atoms with Crippen LogP contribution in [-0.4, -0.2) is 16.1 Å². The summed E-state index contributed by atoms with van der Waals surface area (Å²) in [5.74, 6) is -0.802. The molecule has 0 radical (unpaired) electrons. The van der Waals surface area contributed by atoms with Crippen molar-refractivity contribution < 1.29 is 8.78 Å². The molecule has 5 heteroatoms. The van der Waals surface area contributed by atoms with E-state index >= 15 is 0 Å². The van der Waals surface area contributed by atoms with Crippen molar-refractivity contribution in [2.24, 2.45) is 0 Å². The van der Waals surface area contributed by atoms with Crippen LogP contribution in [0.25, 0.3) is 0 Å². The zero-order valence-electron chi connectivity index (χ0n) is 10.7. The highest BCUT2D eigenvalue weighted by molar-refractivity contribution is 5.36. The Morgan fingerprint density at radius 1 is 1.37 bits per heavy atom. The Balaban J connectivity index is 2.02. The molecule has 1 aromatic carbocycles. The summed E-state index contributed by atoms with van der Waals surface area (Å²) < 4.78 is 28.4. The number of nitrogens with one attached hydrogen (secondary N) is 1. The Morgan fingerprint density at radius 3 is 2.95 bits per heavy atom. The molecular weight excluding hydrogens is 248 g/mol. The van der Waals surface area contributed by atoms with Crippen LogP contribution in [0.3, 0.4) is 0 Å². The summed E-state index contributed by atoms with van der Waals surface area (Å²) in [6.07, 6.45) is 3.66. The van der Waals surface area contributed by atoms with Crippen molar-refractivity contribution >= 4 is 5.95 Å². The molecule has 1 aliphatic heterocycles. The number of hydrogen-bond acceptors (Lipinski definition) is 2. The van der Waals surface area contributed by atoms with Crippen LogP contribution in [0.1, 0.15) is 30.6 Å². The van der Waals surface area contributed by atoms with Crippen molar-refractivity contribution in [3.63, 3.8) is 0 Å². The van der Waals surface area contributed by atoms with Gasteiger partial charge < -0.3 is 9.88 Å². The van der Waals surface area contributed by atoms with E-state index in [2.05, 4.69) is 10.3 Å². The number of fused-ring (bicyclic) bond motifs is 1. The lowest BCUT2D eigenvalue weighted by atomic mass is 10.0. The number of anilines is 1. The third-order valence-electron chi connectivity index (χ3n) is 3.51. The normalized spacial score (nSPS) is 17.9. The second-order valence-electron chi connectivity index (χ2n) is 4.72. The van der Waals surface area contributed by atoms with Gasteiger partial charge in [-0.05, 0) is 30.5 Å². The minimum absolute atomic E-state index is 0.0131. The smallest absolute Gasteiger partial charge is 0.203 e. The lowest BCUT2D eigenvalue weighted by Crippen LogP contribution is -2.23. The molecule has 2 aromatic rings. The van der Waals surface area contributed by atoms with Gasteiger partial charge in [0.2, 0.25) is 5.95 Å². The maximum Gasteiger partial charge on any atom is 0.203 e. The number of nitrogens with zero attached hydrogens (tertiary/aromatic N) is 2. The highest BCUT2D eigenvalue weighted by Crippen LogP contribution is 2.30. The Bertz CT molecular complexity index is 607. The second kappa shape index (κ2) is 4.64. The molecule has 19 heavy (non-hydrogen) atoms. The van der Waals surface area contributed by atoms with Gasteiger partial charge >= 0.3 is 0 Å². The Kier molecular flexibility index (Phi) is 2.97. The van der Waals surface area contributed by atoms with E-state index in [1.807, 2.05) is 17.7 Å². The molecule has 1 aliphatic rings. The molecule has 1 atom stereocenters. The summed E-state index contributed by atoms with van der Waals surface area (Å²) in [5, 5.41) is 3.23. The minimum atomic E-state index is -0.808. The lowest BCUT2D eigenvalue weighted by Gasteiger charge is -2.26. The first-order valence-electron chi connectivity index (χ1n) is 6.45.